The van der Waals surface area contributed by atoms with Crippen LogP contribution in [0.5, 0.6) is 5.75 Å². The Bertz CT molecular complexity index is 1070. The number of fused-ring (bicyclic) bond motifs is 2. The molecule has 3 fully saturated rings. The Labute approximate surface area is 216 Å². The number of amides is 1. The average Bonchev–Trinajstić information content (AvgIpc) is 3.39. The monoisotopic (exact) mass is 522 g/mol. The molecule has 3 heterocycles. The van der Waals surface area contributed by atoms with Crippen molar-refractivity contribution in [2.75, 3.05) is 20.2 Å². The van der Waals surface area contributed by atoms with Gasteiger partial charge in [0.05, 0.1) is 30.0 Å². The van der Waals surface area contributed by atoms with Crippen molar-refractivity contribution in [3.8, 4) is 5.75 Å². The van der Waals surface area contributed by atoms with Gasteiger partial charge in [-0.15, -0.1) is 0 Å². The summed E-state index contributed by atoms with van der Waals surface area (Å²) >= 11 is 0. The second kappa shape index (κ2) is 9.17. The number of rotatable bonds is 4. The summed E-state index contributed by atoms with van der Waals surface area (Å²) < 4.78 is 50.8. The maximum absolute atomic E-state index is 13.8. The van der Waals surface area contributed by atoms with Gasteiger partial charge in [-0.1, -0.05) is 6.92 Å². The van der Waals surface area contributed by atoms with Crippen molar-refractivity contribution in [1.29, 1.82) is 0 Å². The number of hydrogen-bond acceptors (Lipinski definition) is 5. The smallest absolute Gasteiger partial charge is 0.416 e. The van der Waals surface area contributed by atoms with Gasteiger partial charge in [0.15, 0.2) is 6.23 Å². The molecule has 6 nitrogen and oxygen atoms in total. The van der Waals surface area contributed by atoms with Crippen LogP contribution in [0.25, 0.3) is 0 Å². The van der Waals surface area contributed by atoms with E-state index in [9.17, 15) is 22.8 Å². The summed E-state index contributed by atoms with van der Waals surface area (Å²) in [5.74, 6) is 0.716. The number of benzene rings is 1. The normalized spacial score (nSPS) is 30.8. The molecule has 3 aliphatic heterocycles. The first-order chi connectivity index (χ1) is 17.4. The Morgan fingerprint density at radius 3 is 2.54 bits per heavy atom. The third-order valence-electron chi connectivity index (χ3n) is 9.50. The van der Waals surface area contributed by atoms with Gasteiger partial charge in [-0.25, -0.2) is 0 Å². The van der Waals surface area contributed by atoms with Crippen LogP contribution in [0.4, 0.5) is 13.2 Å². The second-order valence-corrected chi connectivity index (χ2v) is 12.2. The third kappa shape index (κ3) is 4.51. The number of hydrogen-bond donors (Lipinski definition) is 0. The summed E-state index contributed by atoms with van der Waals surface area (Å²) in [5.41, 5.74) is -1.33. The van der Waals surface area contributed by atoms with Gasteiger partial charge >= 0.3 is 12.1 Å². The van der Waals surface area contributed by atoms with Gasteiger partial charge in [0, 0.05) is 17.5 Å². The fraction of sp³-hybridized carbons (Fsp3) is 0.714. The van der Waals surface area contributed by atoms with Crippen LogP contribution in [0.3, 0.4) is 0 Å². The van der Waals surface area contributed by atoms with E-state index >= 15 is 0 Å². The third-order valence-corrected chi connectivity index (χ3v) is 9.50. The van der Waals surface area contributed by atoms with E-state index in [2.05, 4.69) is 11.8 Å². The molecule has 1 amide bonds. The predicted octanol–water partition coefficient (Wildman–Crippen LogP) is 5.24. The van der Waals surface area contributed by atoms with Crippen molar-refractivity contribution >= 4 is 11.9 Å². The molecule has 1 saturated carbocycles. The highest BCUT2D eigenvalue weighted by atomic mass is 19.4. The number of ether oxygens (including phenoxy) is 2. The average molecular weight is 523 g/mol. The fourth-order valence-corrected chi connectivity index (χ4v) is 7.35. The number of nitrogens with zero attached hydrogens (tertiary/aromatic N) is 2. The molecule has 2 saturated heterocycles. The maximum Gasteiger partial charge on any atom is 0.416 e. The molecule has 4 aliphatic rings. The lowest BCUT2D eigenvalue weighted by molar-refractivity contribution is -0.152. The standard InChI is InChI=1S/C28H37F3N2O4/c1-17-23-33(16-19-13-20(28(29,30)31)5-6-22(19)37-23)24(34)27(17)10-7-21(15-27)32-11-8-18(9-12-32)14-26(2,3)25(35)36-4/h5-6,13,17-18,21,23H,7-12,14-16H2,1-4H3/t17?,21-,23?,27+/m1/s1. The van der Waals surface area contributed by atoms with E-state index in [0.717, 1.165) is 63.7 Å². The molecular weight excluding hydrogens is 485 g/mol. The van der Waals surface area contributed by atoms with Crippen molar-refractivity contribution in [1.82, 2.24) is 9.80 Å². The maximum atomic E-state index is 13.8. The van der Waals surface area contributed by atoms with Crippen molar-refractivity contribution < 1.29 is 32.2 Å². The minimum absolute atomic E-state index is 0.0188. The Balaban J connectivity index is 1.24. The van der Waals surface area contributed by atoms with E-state index in [-0.39, 0.29) is 24.3 Å². The van der Waals surface area contributed by atoms with Gasteiger partial charge in [-0.2, -0.15) is 13.2 Å². The zero-order chi connectivity index (χ0) is 26.8. The van der Waals surface area contributed by atoms with Gasteiger partial charge in [-0.3, -0.25) is 9.59 Å². The summed E-state index contributed by atoms with van der Waals surface area (Å²) in [6.45, 7) is 7.99. The Morgan fingerprint density at radius 2 is 1.89 bits per heavy atom. The van der Waals surface area contributed by atoms with Crippen molar-refractivity contribution in [2.24, 2.45) is 22.7 Å². The molecule has 204 valence electrons. The fourth-order valence-electron chi connectivity index (χ4n) is 7.35. The topological polar surface area (TPSA) is 59.1 Å². The van der Waals surface area contributed by atoms with Crippen LogP contribution in [0.15, 0.2) is 18.2 Å². The second-order valence-electron chi connectivity index (χ2n) is 12.2. The van der Waals surface area contributed by atoms with Crippen molar-refractivity contribution in [3.05, 3.63) is 29.3 Å². The highest BCUT2D eigenvalue weighted by Crippen LogP contribution is 2.55. The van der Waals surface area contributed by atoms with Crippen LogP contribution in [0, 0.1) is 22.7 Å². The zero-order valence-corrected chi connectivity index (χ0v) is 22.1. The SMILES string of the molecule is COC(=O)C(C)(C)CC1CCN([C@@H]2CC[C@@]3(C2)C(=O)N2Cc4cc(C(F)(F)F)ccc4OC2C3C)CC1. The summed E-state index contributed by atoms with van der Waals surface area (Å²) in [7, 11) is 1.43. The molecule has 5 rings (SSSR count). The van der Waals surface area contributed by atoms with Gasteiger partial charge in [-0.05, 0) is 89.6 Å². The Morgan fingerprint density at radius 1 is 1.19 bits per heavy atom. The molecule has 1 aromatic rings. The van der Waals surface area contributed by atoms with E-state index < -0.39 is 28.8 Å². The largest absolute Gasteiger partial charge is 0.470 e. The summed E-state index contributed by atoms with van der Waals surface area (Å²) in [6.07, 6.45) is 0.421. The van der Waals surface area contributed by atoms with E-state index in [0.29, 0.717) is 23.3 Å². The number of likely N-dealkylation sites (tertiary alicyclic amines) is 1. The Kier molecular flexibility index (Phi) is 6.52. The number of carbonyl (C=O) groups excluding carboxylic acids is 2. The van der Waals surface area contributed by atoms with Crippen LogP contribution in [-0.4, -0.2) is 54.1 Å². The summed E-state index contributed by atoms with van der Waals surface area (Å²) in [6, 6.07) is 3.85. The van der Waals surface area contributed by atoms with E-state index in [1.54, 1.807) is 4.90 Å². The molecule has 0 aromatic heterocycles. The number of alkyl halides is 3. The lowest BCUT2D eigenvalue weighted by Gasteiger charge is -2.38. The molecule has 0 radical (unpaired) electrons. The van der Waals surface area contributed by atoms with Crippen LogP contribution in [0.1, 0.15) is 70.4 Å². The highest BCUT2D eigenvalue weighted by Gasteiger charge is 2.62. The number of methoxy groups -OCH3 is 1. The first-order valence-corrected chi connectivity index (χ1v) is 13.4. The molecule has 37 heavy (non-hydrogen) atoms. The first-order valence-electron chi connectivity index (χ1n) is 13.4. The molecule has 4 atom stereocenters. The molecule has 9 heteroatoms. The highest BCUT2D eigenvalue weighted by molar-refractivity contribution is 5.86. The van der Waals surface area contributed by atoms with Crippen molar-refractivity contribution in [3.63, 3.8) is 0 Å². The van der Waals surface area contributed by atoms with Crippen LogP contribution < -0.4 is 4.74 Å². The zero-order valence-electron chi connectivity index (χ0n) is 22.1. The lowest BCUT2D eigenvalue weighted by atomic mass is 9.76. The van der Waals surface area contributed by atoms with Gasteiger partial charge < -0.3 is 19.3 Å². The van der Waals surface area contributed by atoms with E-state index in [1.807, 2.05) is 13.8 Å². The summed E-state index contributed by atoms with van der Waals surface area (Å²) in [5, 5.41) is 0. The van der Waals surface area contributed by atoms with Gasteiger partial charge in [0.1, 0.15) is 5.75 Å². The van der Waals surface area contributed by atoms with E-state index in [1.165, 1.54) is 13.2 Å². The number of carbonyl (C=O) groups is 2. The van der Waals surface area contributed by atoms with E-state index in [4.69, 9.17) is 9.47 Å². The Hall–Kier alpha value is -2.29. The van der Waals surface area contributed by atoms with Gasteiger partial charge in [0.2, 0.25) is 5.91 Å². The lowest BCUT2D eigenvalue weighted by Crippen LogP contribution is -2.43. The number of piperidine rings is 1. The molecule has 1 spiro atoms. The number of esters is 1. The number of halogens is 3. The quantitative estimate of drug-likeness (QED) is 0.506. The van der Waals surface area contributed by atoms with Crippen LogP contribution in [0.2, 0.25) is 0 Å². The first kappa shape index (κ1) is 26.3. The molecule has 0 N–H and O–H groups in total. The molecular formula is C28H37F3N2O4. The molecule has 1 aromatic carbocycles. The van der Waals surface area contributed by atoms with Crippen LogP contribution in [-0.2, 0) is 27.0 Å². The molecule has 0 bridgehead atoms. The summed E-state index contributed by atoms with van der Waals surface area (Å²) in [4.78, 5) is 30.0. The van der Waals surface area contributed by atoms with Crippen LogP contribution >= 0.6 is 0 Å². The van der Waals surface area contributed by atoms with Gasteiger partial charge in [0.25, 0.3) is 0 Å². The minimum Gasteiger partial charge on any atom is -0.470 e. The molecule has 2 unspecified atom stereocenters. The van der Waals surface area contributed by atoms with Crippen molar-refractivity contribution in [2.45, 2.75) is 84.3 Å². The minimum atomic E-state index is -4.43. The molecule has 1 aliphatic carbocycles. The predicted molar refractivity (Wildman–Crippen MR) is 130 cm³/mol.